The summed E-state index contributed by atoms with van der Waals surface area (Å²) in [6.07, 6.45) is 2.92. The lowest BCUT2D eigenvalue weighted by atomic mass is 10.2. The Kier molecular flexibility index (Phi) is 3.98. The molecule has 0 saturated heterocycles. The van der Waals surface area contributed by atoms with Crippen molar-refractivity contribution in [3.8, 4) is 0 Å². The molecule has 0 radical (unpaired) electrons. The molecule has 0 spiro atoms. The molecule has 0 aliphatic heterocycles. The Morgan fingerprint density at radius 1 is 1.36 bits per heavy atom. The molecule has 1 aromatic carbocycles. The Bertz CT molecular complexity index is 372. The van der Waals surface area contributed by atoms with Crippen LogP contribution in [0.2, 0.25) is 10.0 Å². The summed E-state index contributed by atoms with van der Waals surface area (Å²) in [5.74, 6) is -0.406. The van der Waals surface area contributed by atoms with Gasteiger partial charge in [0.15, 0.2) is 0 Å². The van der Waals surface area contributed by atoms with E-state index < -0.39 is 5.97 Å². The maximum absolute atomic E-state index is 10.8. The number of halogens is 2. The van der Waals surface area contributed by atoms with E-state index in [4.69, 9.17) is 23.2 Å². The number of rotatable bonds is 2. The second-order valence-electron chi connectivity index (χ2n) is 2.53. The zero-order valence-electron chi connectivity index (χ0n) is 7.46. The standard InChI is InChI=1S/C10H8Cl2O2/c1-14-10(13)5-3-7-2-4-8(11)9(12)6-7/h2-6H,1H3. The van der Waals surface area contributed by atoms with E-state index in [2.05, 4.69) is 4.74 Å². The van der Waals surface area contributed by atoms with E-state index in [9.17, 15) is 4.79 Å². The van der Waals surface area contributed by atoms with Crippen LogP contribution in [0.3, 0.4) is 0 Å². The average Bonchev–Trinajstić information content (AvgIpc) is 2.19. The minimum Gasteiger partial charge on any atom is -0.466 e. The summed E-state index contributed by atoms with van der Waals surface area (Å²) in [5.41, 5.74) is 0.796. The highest BCUT2D eigenvalue weighted by atomic mass is 35.5. The van der Waals surface area contributed by atoms with E-state index in [1.54, 1.807) is 24.3 Å². The highest BCUT2D eigenvalue weighted by Gasteiger charge is 1.97. The Morgan fingerprint density at radius 2 is 2.07 bits per heavy atom. The first-order chi connectivity index (χ1) is 6.63. The summed E-state index contributed by atoms with van der Waals surface area (Å²) in [6, 6.07) is 5.10. The minimum absolute atomic E-state index is 0.406. The second-order valence-corrected chi connectivity index (χ2v) is 3.34. The molecule has 0 N–H and O–H groups in total. The molecule has 0 unspecified atom stereocenters. The van der Waals surface area contributed by atoms with Gasteiger partial charge in [-0.05, 0) is 23.8 Å². The summed E-state index contributed by atoms with van der Waals surface area (Å²) in [5, 5.41) is 0.945. The molecule has 14 heavy (non-hydrogen) atoms. The highest BCUT2D eigenvalue weighted by molar-refractivity contribution is 6.42. The van der Waals surface area contributed by atoms with E-state index in [-0.39, 0.29) is 0 Å². The lowest BCUT2D eigenvalue weighted by molar-refractivity contribution is -0.134. The van der Waals surface area contributed by atoms with Gasteiger partial charge >= 0.3 is 5.97 Å². The first kappa shape index (κ1) is 11.1. The maximum atomic E-state index is 10.8. The third kappa shape index (κ3) is 3.05. The molecule has 1 aromatic rings. The summed E-state index contributed by atoms with van der Waals surface area (Å²) >= 11 is 11.5. The SMILES string of the molecule is COC(=O)C=Cc1ccc(Cl)c(Cl)c1. The lowest BCUT2D eigenvalue weighted by Gasteiger charge is -1.97. The summed E-state index contributed by atoms with van der Waals surface area (Å²) in [4.78, 5) is 10.8. The predicted molar refractivity (Wildman–Crippen MR) is 57.5 cm³/mol. The van der Waals surface area contributed by atoms with Crippen molar-refractivity contribution >= 4 is 35.2 Å². The van der Waals surface area contributed by atoms with Crippen molar-refractivity contribution < 1.29 is 9.53 Å². The van der Waals surface area contributed by atoms with Crippen LogP contribution in [0.5, 0.6) is 0 Å². The highest BCUT2D eigenvalue weighted by Crippen LogP contribution is 2.22. The number of esters is 1. The number of hydrogen-bond acceptors (Lipinski definition) is 2. The quantitative estimate of drug-likeness (QED) is 0.577. The molecular weight excluding hydrogens is 223 g/mol. The normalized spacial score (nSPS) is 10.5. The van der Waals surface area contributed by atoms with Gasteiger partial charge < -0.3 is 4.74 Å². The first-order valence-corrected chi connectivity index (χ1v) is 4.60. The molecular formula is C10H8Cl2O2. The number of carbonyl (C=O) groups is 1. The van der Waals surface area contributed by atoms with Crippen molar-refractivity contribution in [2.75, 3.05) is 7.11 Å². The molecule has 0 atom stereocenters. The van der Waals surface area contributed by atoms with Gasteiger partial charge in [-0.15, -0.1) is 0 Å². The van der Waals surface area contributed by atoms with Gasteiger partial charge in [-0.3, -0.25) is 0 Å². The van der Waals surface area contributed by atoms with E-state index in [1.807, 2.05) is 0 Å². The number of methoxy groups -OCH3 is 1. The summed E-state index contributed by atoms with van der Waals surface area (Å²) in [7, 11) is 1.32. The summed E-state index contributed by atoms with van der Waals surface area (Å²) < 4.78 is 4.44. The van der Waals surface area contributed by atoms with E-state index >= 15 is 0 Å². The van der Waals surface area contributed by atoms with Crippen molar-refractivity contribution in [2.45, 2.75) is 0 Å². The zero-order chi connectivity index (χ0) is 10.6. The third-order valence-corrected chi connectivity index (χ3v) is 2.30. The number of ether oxygens (including phenoxy) is 1. The minimum atomic E-state index is -0.406. The van der Waals surface area contributed by atoms with E-state index in [0.717, 1.165) is 5.56 Å². The molecule has 0 aromatic heterocycles. The third-order valence-electron chi connectivity index (χ3n) is 1.56. The fraction of sp³-hybridized carbons (Fsp3) is 0.100. The van der Waals surface area contributed by atoms with Crippen LogP contribution in [-0.4, -0.2) is 13.1 Å². The molecule has 0 amide bonds. The maximum Gasteiger partial charge on any atom is 0.330 e. The Balaban J connectivity index is 2.83. The first-order valence-electron chi connectivity index (χ1n) is 3.84. The largest absolute Gasteiger partial charge is 0.466 e. The van der Waals surface area contributed by atoms with Crippen LogP contribution >= 0.6 is 23.2 Å². The van der Waals surface area contributed by atoms with Gasteiger partial charge in [-0.1, -0.05) is 29.3 Å². The monoisotopic (exact) mass is 230 g/mol. The average molecular weight is 231 g/mol. The van der Waals surface area contributed by atoms with Gasteiger partial charge in [-0.2, -0.15) is 0 Å². The summed E-state index contributed by atoms with van der Waals surface area (Å²) in [6.45, 7) is 0. The second kappa shape index (κ2) is 5.03. The topological polar surface area (TPSA) is 26.3 Å². The molecule has 1 rings (SSSR count). The van der Waals surface area contributed by atoms with Gasteiger partial charge in [0.2, 0.25) is 0 Å². The van der Waals surface area contributed by atoms with Crippen LogP contribution in [0.4, 0.5) is 0 Å². The van der Waals surface area contributed by atoms with Crippen LogP contribution in [-0.2, 0) is 9.53 Å². The lowest BCUT2D eigenvalue weighted by Crippen LogP contribution is -1.93. The van der Waals surface area contributed by atoms with Crippen LogP contribution in [0, 0.1) is 0 Å². The molecule has 0 heterocycles. The molecule has 0 saturated carbocycles. The van der Waals surface area contributed by atoms with Gasteiger partial charge in [0.1, 0.15) is 0 Å². The van der Waals surface area contributed by atoms with Gasteiger partial charge in [0, 0.05) is 6.08 Å². The number of hydrogen-bond donors (Lipinski definition) is 0. The molecule has 74 valence electrons. The molecule has 0 bridgehead atoms. The number of benzene rings is 1. The van der Waals surface area contributed by atoms with Crippen LogP contribution in [0.15, 0.2) is 24.3 Å². The van der Waals surface area contributed by atoms with Crippen molar-refractivity contribution in [3.63, 3.8) is 0 Å². The van der Waals surface area contributed by atoms with E-state index in [1.165, 1.54) is 13.2 Å². The van der Waals surface area contributed by atoms with Gasteiger partial charge in [0.25, 0.3) is 0 Å². The van der Waals surface area contributed by atoms with Crippen molar-refractivity contribution in [3.05, 3.63) is 39.9 Å². The van der Waals surface area contributed by atoms with Crippen LogP contribution in [0.25, 0.3) is 6.08 Å². The molecule has 2 nitrogen and oxygen atoms in total. The van der Waals surface area contributed by atoms with E-state index in [0.29, 0.717) is 10.0 Å². The predicted octanol–water partition coefficient (Wildman–Crippen LogP) is 3.18. The zero-order valence-corrected chi connectivity index (χ0v) is 8.97. The van der Waals surface area contributed by atoms with Crippen LogP contribution < -0.4 is 0 Å². The Hall–Kier alpha value is -0.990. The Labute approximate surface area is 92.1 Å². The van der Waals surface area contributed by atoms with Crippen molar-refractivity contribution in [1.29, 1.82) is 0 Å². The van der Waals surface area contributed by atoms with Gasteiger partial charge in [-0.25, -0.2) is 4.79 Å². The Morgan fingerprint density at radius 3 is 2.64 bits per heavy atom. The molecule has 0 aliphatic carbocycles. The fourth-order valence-electron chi connectivity index (χ4n) is 0.848. The van der Waals surface area contributed by atoms with Crippen molar-refractivity contribution in [2.24, 2.45) is 0 Å². The van der Waals surface area contributed by atoms with Crippen LogP contribution in [0.1, 0.15) is 5.56 Å². The molecule has 0 fully saturated rings. The fourth-order valence-corrected chi connectivity index (χ4v) is 1.15. The molecule has 0 aliphatic rings. The van der Waals surface area contributed by atoms with Gasteiger partial charge in [0.05, 0.1) is 17.2 Å². The van der Waals surface area contributed by atoms with Crippen molar-refractivity contribution in [1.82, 2.24) is 0 Å². The molecule has 4 heteroatoms. The number of carbonyl (C=O) groups excluding carboxylic acids is 1. The smallest absolute Gasteiger partial charge is 0.330 e.